The lowest BCUT2D eigenvalue weighted by Crippen LogP contribution is -2.30. The highest BCUT2D eigenvalue weighted by molar-refractivity contribution is 7.12. The van der Waals surface area contributed by atoms with Crippen molar-refractivity contribution in [3.8, 4) is 0 Å². The summed E-state index contributed by atoms with van der Waals surface area (Å²) in [6.07, 6.45) is 0.486. The van der Waals surface area contributed by atoms with Crippen molar-refractivity contribution in [1.29, 1.82) is 0 Å². The van der Waals surface area contributed by atoms with E-state index in [0.717, 1.165) is 5.69 Å². The molecule has 1 aromatic carbocycles. The van der Waals surface area contributed by atoms with Crippen LogP contribution in [0.25, 0.3) is 0 Å². The van der Waals surface area contributed by atoms with Crippen molar-refractivity contribution in [2.24, 2.45) is 5.92 Å². The molecule has 0 bridgehead atoms. The van der Waals surface area contributed by atoms with Crippen molar-refractivity contribution in [1.82, 2.24) is 5.32 Å². The minimum atomic E-state index is -0.0596. The number of hydrogen-bond acceptors (Lipinski definition) is 3. The van der Waals surface area contributed by atoms with Gasteiger partial charge in [0.05, 0.1) is 4.88 Å². The van der Waals surface area contributed by atoms with Crippen molar-refractivity contribution in [3.05, 3.63) is 52.7 Å². The number of anilines is 1. The van der Waals surface area contributed by atoms with Gasteiger partial charge < -0.3 is 10.2 Å². The van der Waals surface area contributed by atoms with E-state index in [1.54, 1.807) is 11.0 Å². The number of thiophene rings is 1. The smallest absolute Gasteiger partial charge is 0.261 e. The minimum absolute atomic E-state index is 0.0596. The fourth-order valence-electron chi connectivity index (χ4n) is 2.51. The van der Waals surface area contributed by atoms with Crippen LogP contribution in [0.15, 0.2) is 47.8 Å². The van der Waals surface area contributed by atoms with Gasteiger partial charge in [-0.05, 0) is 23.6 Å². The Bertz CT molecular complexity index is 625. The Morgan fingerprint density at radius 2 is 2.05 bits per heavy atom. The summed E-state index contributed by atoms with van der Waals surface area (Å²) >= 11 is 1.42. The van der Waals surface area contributed by atoms with Crippen LogP contribution in [-0.2, 0) is 4.79 Å². The lowest BCUT2D eigenvalue weighted by Gasteiger charge is -2.16. The molecule has 1 unspecified atom stereocenters. The summed E-state index contributed by atoms with van der Waals surface area (Å²) in [5, 5.41) is 4.79. The van der Waals surface area contributed by atoms with E-state index in [1.807, 2.05) is 41.8 Å². The Balaban J connectivity index is 1.57. The number of benzene rings is 1. The molecule has 1 aliphatic heterocycles. The molecule has 2 aromatic rings. The van der Waals surface area contributed by atoms with Crippen molar-refractivity contribution >= 4 is 28.8 Å². The average Bonchev–Trinajstić information content (AvgIpc) is 3.15. The summed E-state index contributed by atoms with van der Waals surface area (Å²) in [4.78, 5) is 26.5. The number of nitrogens with zero attached hydrogens (tertiary/aromatic N) is 1. The maximum absolute atomic E-state index is 12.1. The summed E-state index contributed by atoms with van der Waals surface area (Å²) in [7, 11) is 0. The van der Waals surface area contributed by atoms with E-state index in [9.17, 15) is 9.59 Å². The van der Waals surface area contributed by atoms with Gasteiger partial charge in [0.2, 0.25) is 5.91 Å². The van der Waals surface area contributed by atoms with Crippen LogP contribution < -0.4 is 10.2 Å². The van der Waals surface area contributed by atoms with Crippen LogP contribution in [0.2, 0.25) is 0 Å². The van der Waals surface area contributed by atoms with Gasteiger partial charge in [-0.25, -0.2) is 0 Å². The fraction of sp³-hybridized carbons (Fsp3) is 0.250. The molecule has 2 heterocycles. The predicted molar refractivity (Wildman–Crippen MR) is 83.6 cm³/mol. The van der Waals surface area contributed by atoms with E-state index in [-0.39, 0.29) is 17.7 Å². The summed E-state index contributed by atoms with van der Waals surface area (Å²) in [5.41, 5.74) is 0.926. The molecule has 5 heteroatoms. The number of hydrogen-bond donors (Lipinski definition) is 1. The Labute approximate surface area is 127 Å². The summed E-state index contributed by atoms with van der Waals surface area (Å²) in [5.74, 6) is 0.230. The van der Waals surface area contributed by atoms with Crippen molar-refractivity contribution in [2.75, 3.05) is 18.0 Å². The SMILES string of the molecule is O=C(NCC1CC(=O)N(c2ccccc2)C1)c1cccs1. The summed E-state index contributed by atoms with van der Waals surface area (Å²) in [6, 6.07) is 13.3. The first-order valence-corrected chi connectivity index (χ1v) is 7.79. The molecule has 1 atom stereocenters. The highest BCUT2D eigenvalue weighted by Gasteiger charge is 2.30. The maximum Gasteiger partial charge on any atom is 0.261 e. The standard InChI is InChI=1S/C16H16N2O2S/c19-15-9-12(10-17-16(20)14-7-4-8-21-14)11-18(15)13-5-2-1-3-6-13/h1-8,12H,9-11H2,(H,17,20). The molecule has 108 valence electrons. The molecule has 0 saturated carbocycles. The van der Waals surface area contributed by atoms with E-state index in [0.29, 0.717) is 24.4 Å². The van der Waals surface area contributed by atoms with Gasteiger partial charge in [0.25, 0.3) is 5.91 Å². The zero-order valence-corrected chi connectivity index (χ0v) is 12.3. The Morgan fingerprint density at radius 1 is 1.24 bits per heavy atom. The highest BCUT2D eigenvalue weighted by Crippen LogP contribution is 2.24. The van der Waals surface area contributed by atoms with Crippen LogP contribution in [0.1, 0.15) is 16.1 Å². The van der Waals surface area contributed by atoms with E-state index < -0.39 is 0 Å². The first kappa shape index (κ1) is 13.8. The number of para-hydroxylation sites is 1. The lowest BCUT2D eigenvalue weighted by molar-refractivity contribution is -0.117. The monoisotopic (exact) mass is 300 g/mol. The molecule has 3 rings (SSSR count). The number of amides is 2. The highest BCUT2D eigenvalue weighted by atomic mass is 32.1. The minimum Gasteiger partial charge on any atom is -0.351 e. The summed E-state index contributed by atoms with van der Waals surface area (Å²) in [6.45, 7) is 1.19. The van der Waals surface area contributed by atoms with Crippen LogP contribution in [-0.4, -0.2) is 24.9 Å². The van der Waals surface area contributed by atoms with Crippen molar-refractivity contribution in [3.63, 3.8) is 0 Å². The molecule has 21 heavy (non-hydrogen) atoms. The molecule has 0 aliphatic carbocycles. The fourth-order valence-corrected chi connectivity index (χ4v) is 3.15. The molecule has 1 aromatic heterocycles. The average molecular weight is 300 g/mol. The van der Waals surface area contributed by atoms with Crippen LogP contribution in [0.4, 0.5) is 5.69 Å². The zero-order valence-electron chi connectivity index (χ0n) is 11.5. The second-order valence-electron chi connectivity index (χ2n) is 5.10. The molecule has 1 aliphatic rings. The van der Waals surface area contributed by atoms with Gasteiger partial charge in [0.15, 0.2) is 0 Å². The van der Waals surface area contributed by atoms with Crippen molar-refractivity contribution < 1.29 is 9.59 Å². The number of carbonyl (C=O) groups is 2. The van der Waals surface area contributed by atoms with Gasteiger partial charge in [0, 0.05) is 31.1 Å². The zero-order chi connectivity index (χ0) is 14.7. The Hall–Kier alpha value is -2.14. The molecule has 4 nitrogen and oxygen atoms in total. The molecular weight excluding hydrogens is 284 g/mol. The number of nitrogens with one attached hydrogen (secondary N) is 1. The second kappa shape index (κ2) is 6.10. The van der Waals surface area contributed by atoms with Gasteiger partial charge in [-0.3, -0.25) is 9.59 Å². The third-order valence-electron chi connectivity index (χ3n) is 3.57. The molecule has 0 spiro atoms. The second-order valence-corrected chi connectivity index (χ2v) is 6.05. The molecule has 1 N–H and O–H groups in total. The van der Waals surface area contributed by atoms with Crippen LogP contribution >= 0.6 is 11.3 Å². The van der Waals surface area contributed by atoms with E-state index in [2.05, 4.69) is 5.32 Å². The van der Waals surface area contributed by atoms with Crippen LogP contribution in [0.3, 0.4) is 0 Å². The third kappa shape index (κ3) is 3.13. The van der Waals surface area contributed by atoms with E-state index >= 15 is 0 Å². The third-order valence-corrected chi connectivity index (χ3v) is 4.44. The maximum atomic E-state index is 12.1. The van der Waals surface area contributed by atoms with Crippen LogP contribution in [0, 0.1) is 5.92 Å². The first-order valence-electron chi connectivity index (χ1n) is 6.91. The largest absolute Gasteiger partial charge is 0.351 e. The van der Waals surface area contributed by atoms with Gasteiger partial charge >= 0.3 is 0 Å². The van der Waals surface area contributed by atoms with Gasteiger partial charge in [0.1, 0.15) is 0 Å². The van der Waals surface area contributed by atoms with Gasteiger partial charge in [-0.15, -0.1) is 11.3 Å². The quantitative estimate of drug-likeness (QED) is 0.943. The van der Waals surface area contributed by atoms with E-state index in [1.165, 1.54) is 11.3 Å². The molecule has 2 amide bonds. The van der Waals surface area contributed by atoms with Gasteiger partial charge in [-0.1, -0.05) is 24.3 Å². The number of carbonyl (C=O) groups excluding carboxylic acids is 2. The van der Waals surface area contributed by atoms with Gasteiger partial charge in [-0.2, -0.15) is 0 Å². The molecular formula is C16H16N2O2S. The normalized spacial score (nSPS) is 18.0. The first-order chi connectivity index (χ1) is 10.2. The molecule has 1 fully saturated rings. The predicted octanol–water partition coefficient (Wildman–Crippen LogP) is 2.53. The molecule has 0 radical (unpaired) electrons. The number of rotatable bonds is 4. The molecule has 1 saturated heterocycles. The topological polar surface area (TPSA) is 49.4 Å². The lowest BCUT2D eigenvalue weighted by atomic mass is 10.1. The Morgan fingerprint density at radius 3 is 2.76 bits per heavy atom. The van der Waals surface area contributed by atoms with Crippen molar-refractivity contribution in [2.45, 2.75) is 6.42 Å². The van der Waals surface area contributed by atoms with Crippen LogP contribution in [0.5, 0.6) is 0 Å². The Kier molecular flexibility index (Phi) is 4.01. The van der Waals surface area contributed by atoms with E-state index in [4.69, 9.17) is 0 Å². The summed E-state index contributed by atoms with van der Waals surface area (Å²) < 4.78 is 0.